The maximum absolute atomic E-state index is 12.0. The number of halogens is 1. The van der Waals surface area contributed by atoms with Crippen molar-refractivity contribution in [3.8, 4) is 5.75 Å². The lowest BCUT2D eigenvalue weighted by molar-refractivity contribution is 0.0939. The second-order valence-corrected chi connectivity index (χ2v) is 5.09. The van der Waals surface area contributed by atoms with Crippen molar-refractivity contribution in [2.24, 2.45) is 0 Å². The lowest BCUT2D eigenvalue weighted by atomic mass is 10.1. The van der Waals surface area contributed by atoms with E-state index < -0.39 is 0 Å². The number of rotatable bonds is 3. The number of nitrogens with one attached hydrogen (secondary N) is 1. The summed E-state index contributed by atoms with van der Waals surface area (Å²) in [5.41, 5.74) is 1.34. The van der Waals surface area contributed by atoms with Crippen LogP contribution in [-0.4, -0.2) is 16.0 Å². The van der Waals surface area contributed by atoms with Crippen LogP contribution in [0.25, 0.3) is 0 Å². The largest absolute Gasteiger partial charge is 0.506 e. The fraction of sp³-hybridized carbons (Fsp3) is 0.143. The zero-order valence-corrected chi connectivity index (χ0v) is 11.9. The van der Waals surface area contributed by atoms with Crippen LogP contribution in [0.5, 0.6) is 5.75 Å². The Balaban J connectivity index is 2.08. The van der Waals surface area contributed by atoms with Crippen LogP contribution in [0.15, 0.2) is 47.2 Å². The lowest BCUT2D eigenvalue weighted by Gasteiger charge is -2.14. The molecule has 98 valence electrons. The van der Waals surface area contributed by atoms with Crippen molar-refractivity contribution in [3.05, 3.63) is 58.3 Å². The van der Waals surface area contributed by atoms with Gasteiger partial charge in [-0.05, 0) is 30.7 Å². The molecule has 0 saturated carbocycles. The van der Waals surface area contributed by atoms with Gasteiger partial charge < -0.3 is 10.4 Å². The van der Waals surface area contributed by atoms with Crippen molar-refractivity contribution in [3.63, 3.8) is 0 Å². The van der Waals surface area contributed by atoms with Crippen molar-refractivity contribution in [2.75, 3.05) is 0 Å². The van der Waals surface area contributed by atoms with Crippen LogP contribution in [0.3, 0.4) is 0 Å². The minimum absolute atomic E-state index is 0.0241. The molecule has 5 heteroatoms. The number of pyridine rings is 1. The van der Waals surface area contributed by atoms with Gasteiger partial charge >= 0.3 is 0 Å². The standard InChI is InChI=1S/C14H13BrN2O2/c1-9(10-2-4-12(15)5-3-10)17-14(19)11-6-13(18)8-16-7-11/h2-9,18H,1H3,(H,17,19). The third-order valence-corrected chi connectivity index (χ3v) is 3.23. The summed E-state index contributed by atoms with van der Waals surface area (Å²) < 4.78 is 0.993. The molecule has 1 amide bonds. The van der Waals surface area contributed by atoms with Gasteiger partial charge in [0.2, 0.25) is 0 Å². The molecule has 0 saturated heterocycles. The van der Waals surface area contributed by atoms with Gasteiger partial charge in [-0.3, -0.25) is 9.78 Å². The Morgan fingerprint density at radius 2 is 2.00 bits per heavy atom. The molecule has 0 fully saturated rings. The zero-order chi connectivity index (χ0) is 13.8. The number of carbonyl (C=O) groups is 1. The van der Waals surface area contributed by atoms with E-state index in [4.69, 9.17) is 0 Å². The highest BCUT2D eigenvalue weighted by Crippen LogP contribution is 2.17. The first-order valence-corrected chi connectivity index (χ1v) is 6.56. The molecule has 0 radical (unpaired) electrons. The molecule has 2 rings (SSSR count). The van der Waals surface area contributed by atoms with E-state index >= 15 is 0 Å². The first-order valence-electron chi connectivity index (χ1n) is 5.76. The second kappa shape index (κ2) is 5.84. The van der Waals surface area contributed by atoms with Crippen molar-refractivity contribution in [2.45, 2.75) is 13.0 Å². The minimum atomic E-state index is -0.265. The molecule has 1 aromatic carbocycles. The summed E-state index contributed by atoms with van der Waals surface area (Å²) in [5, 5.41) is 12.1. The predicted octanol–water partition coefficient (Wildman–Crippen LogP) is 3.04. The van der Waals surface area contributed by atoms with Crippen LogP contribution in [0.1, 0.15) is 28.9 Å². The number of benzene rings is 1. The highest BCUT2D eigenvalue weighted by molar-refractivity contribution is 9.10. The van der Waals surface area contributed by atoms with Crippen LogP contribution in [0.4, 0.5) is 0 Å². The normalized spacial score (nSPS) is 11.9. The van der Waals surface area contributed by atoms with Crippen molar-refractivity contribution >= 4 is 21.8 Å². The van der Waals surface area contributed by atoms with E-state index in [1.54, 1.807) is 0 Å². The van der Waals surface area contributed by atoms with Crippen LogP contribution in [0.2, 0.25) is 0 Å². The molecule has 1 unspecified atom stereocenters. The molecule has 2 aromatic rings. The molecule has 1 aromatic heterocycles. The Morgan fingerprint density at radius 1 is 1.32 bits per heavy atom. The highest BCUT2D eigenvalue weighted by Gasteiger charge is 2.12. The number of hydrogen-bond donors (Lipinski definition) is 2. The fourth-order valence-electron chi connectivity index (χ4n) is 1.67. The van der Waals surface area contributed by atoms with Gasteiger partial charge in [0.15, 0.2) is 0 Å². The van der Waals surface area contributed by atoms with Gasteiger partial charge in [0.05, 0.1) is 17.8 Å². The summed E-state index contributed by atoms with van der Waals surface area (Å²) in [6, 6.07) is 8.99. The summed E-state index contributed by atoms with van der Waals surface area (Å²) in [5.74, 6) is -0.289. The number of nitrogens with zero attached hydrogens (tertiary/aromatic N) is 1. The van der Waals surface area contributed by atoms with Gasteiger partial charge in [-0.1, -0.05) is 28.1 Å². The Bertz CT molecular complexity index is 584. The summed E-state index contributed by atoms with van der Waals surface area (Å²) >= 11 is 3.37. The number of hydrogen-bond acceptors (Lipinski definition) is 3. The minimum Gasteiger partial charge on any atom is -0.506 e. The molecule has 1 atom stereocenters. The van der Waals surface area contributed by atoms with Gasteiger partial charge in [0, 0.05) is 10.7 Å². The van der Waals surface area contributed by atoms with Crippen LogP contribution < -0.4 is 5.32 Å². The monoisotopic (exact) mass is 320 g/mol. The smallest absolute Gasteiger partial charge is 0.253 e. The fourth-order valence-corrected chi connectivity index (χ4v) is 1.93. The Kier molecular flexibility index (Phi) is 4.16. The maximum Gasteiger partial charge on any atom is 0.253 e. The average molecular weight is 321 g/mol. The third kappa shape index (κ3) is 3.54. The van der Waals surface area contributed by atoms with Gasteiger partial charge in [-0.2, -0.15) is 0 Å². The van der Waals surface area contributed by atoms with E-state index in [9.17, 15) is 9.90 Å². The van der Waals surface area contributed by atoms with Crippen LogP contribution in [0, 0.1) is 0 Å². The summed E-state index contributed by atoms with van der Waals surface area (Å²) in [6.07, 6.45) is 2.71. The molecular weight excluding hydrogens is 308 g/mol. The van der Waals surface area contributed by atoms with Crippen molar-refractivity contribution in [1.82, 2.24) is 10.3 Å². The predicted molar refractivity (Wildman–Crippen MR) is 75.9 cm³/mol. The summed E-state index contributed by atoms with van der Waals surface area (Å²) in [4.78, 5) is 15.8. The van der Waals surface area contributed by atoms with Crippen molar-refractivity contribution < 1.29 is 9.90 Å². The molecule has 0 aliphatic rings. The topological polar surface area (TPSA) is 62.2 Å². The van der Waals surface area contributed by atoms with E-state index in [2.05, 4.69) is 26.2 Å². The van der Waals surface area contributed by atoms with E-state index in [-0.39, 0.29) is 17.7 Å². The number of aromatic nitrogens is 1. The van der Waals surface area contributed by atoms with E-state index in [1.165, 1.54) is 18.5 Å². The molecule has 0 bridgehead atoms. The molecule has 19 heavy (non-hydrogen) atoms. The van der Waals surface area contributed by atoms with Gasteiger partial charge in [-0.15, -0.1) is 0 Å². The number of carbonyl (C=O) groups excluding carboxylic acids is 1. The molecule has 1 heterocycles. The first-order chi connectivity index (χ1) is 9.06. The lowest BCUT2D eigenvalue weighted by Crippen LogP contribution is -2.26. The molecule has 0 aliphatic heterocycles. The van der Waals surface area contributed by atoms with E-state index in [0.29, 0.717) is 5.56 Å². The quantitative estimate of drug-likeness (QED) is 0.913. The number of amides is 1. The molecule has 0 aliphatic carbocycles. The van der Waals surface area contributed by atoms with Crippen LogP contribution >= 0.6 is 15.9 Å². The molecular formula is C14H13BrN2O2. The molecule has 0 spiro atoms. The van der Waals surface area contributed by atoms with E-state index in [1.807, 2.05) is 31.2 Å². The number of aromatic hydroxyl groups is 1. The highest BCUT2D eigenvalue weighted by atomic mass is 79.9. The SMILES string of the molecule is CC(NC(=O)c1cncc(O)c1)c1ccc(Br)cc1. The molecule has 4 nitrogen and oxygen atoms in total. The second-order valence-electron chi connectivity index (χ2n) is 4.18. The average Bonchev–Trinajstić information content (AvgIpc) is 2.39. The third-order valence-electron chi connectivity index (χ3n) is 2.70. The Labute approximate surface area is 119 Å². The van der Waals surface area contributed by atoms with Gasteiger partial charge in [0.25, 0.3) is 5.91 Å². The summed E-state index contributed by atoms with van der Waals surface area (Å²) in [6.45, 7) is 1.90. The van der Waals surface area contributed by atoms with Crippen LogP contribution in [-0.2, 0) is 0 Å². The van der Waals surface area contributed by atoms with Gasteiger partial charge in [0.1, 0.15) is 5.75 Å². The Morgan fingerprint density at radius 3 is 2.63 bits per heavy atom. The van der Waals surface area contributed by atoms with Gasteiger partial charge in [-0.25, -0.2) is 0 Å². The maximum atomic E-state index is 12.0. The zero-order valence-electron chi connectivity index (χ0n) is 10.3. The van der Waals surface area contributed by atoms with Crippen molar-refractivity contribution in [1.29, 1.82) is 0 Å². The Hall–Kier alpha value is -1.88. The molecule has 2 N–H and O–H groups in total. The first kappa shape index (κ1) is 13.5. The van der Waals surface area contributed by atoms with E-state index in [0.717, 1.165) is 10.0 Å². The summed E-state index contributed by atoms with van der Waals surface area (Å²) in [7, 11) is 0.